The van der Waals surface area contributed by atoms with Crippen LogP contribution in [0, 0.1) is 6.92 Å². The van der Waals surface area contributed by atoms with E-state index in [4.69, 9.17) is 5.73 Å². The molecule has 0 fully saturated rings. The van der Waals surface area contributed by atoms with Crippen molar-refractivity contribution in [3.8, 4) is 0 Å². The van der Waals surface area contributed by atoms with E-state index in [2.05, 4.69) is 44.3 Å². The molecule has 1 aromatic rings. The first kappa shape index (κ1) is 14.7. The Kier molecular flexibility index (Phi) is 4.91. The Morgan fingerprint density at radius 2 is 2.00 bits per heavy atom. The summed E-state index contributed by atoms with van der Waals surface area (Å²) in [6.45, 7) is 9.05. The third-order valence-electron chi connectivity index (χ3n) is 2.99. The van der Waals surface area contributed by atoms with Crippen molar-refractivity contribution >= 4 is 11.6 Å². The van der Waals surface area contributed by atoms with E-state index in [1.165, 1.54) is 5.56 Å². The molecule has 3 nitrogen and oxygen atoms in total. The number of nitrogens with two attached hydrogens (primary N) is 1. The largest absolute Gasteiger partial charge is 0.330 e. The molecule has 0 atom stereocenters. The zero-order valence-corrected chi connectivity index (χ0v) is 11.8. The minimum Gasteiger partial charge on any atom is -0.330 e. The van der Waals surface area contributed by atoms with Crippen LogP contribution in [-0.2, 0) is 10.2 Å². The fourth-order valence-corrected chi connectivity index (χ4v) is 1.70. The molecule has 0 aliphatic rings. The quantitative estimate of drug-likeness (QED) is 0.860. The summed E-state index contributed by atoms with van der Waals surface area (Å²) in [4.78, 5) is 11.7. The SMILES string of the molecule is Cc1ccc(C(C)(C)C)cc1NC(=O)CCCN. The molecular formula is C15H24N2O. The maximum absolute atomic E-state index is 11.7. The lowest BCUT2D eigenvalue weighted by Crippen LogP contribution is -2.16. The van der Waals surface area contributed by atoms with Crippen molar-refractivity contribution in [1.82, 2.24) is 0 Å². The fourth-order valence-electron chi connectivity index (χ4n) is 1.70. The normalized spacial score (nSPS) is 11.4. The molecule has 1 amide bonds. The summed E-state index contributed by atoms with van der Waals surface area (Å²) in [6.07, 6.45) is 1.21. The maximum atomic E-state index is 11.7. The first-order valence-corrected chi connectivity index (χ1v) is 6.45. The van der Waals surface area contributed by atoms with Gasteiger partial charge in [-0.25, -0.2) is 0 Å². The highest BCUT2D eigenvalue weighted by Gasteiger charge is 2.15. The van der Waals surface area contributed by atoms with E-state index in [0.717, 1.165) is 17.7 Å². The van der Waals surface area contributed by atoms with Gasteiger partial charge in [0.1, 0.15) is 0 Å². The van der Waals surface area contributed by atoms with Crippen LogP contribution in [0.4, 0.5) is 5.69 Å². The van der Waals surface area contributed by atoms with E-state index in [0.29, 0.717) is 13.0 Å². The summed E-state index contributed by atoms with van der Waals surface area (Å²) in [5, 5.41) is 2.96. The molecule has 0 saturated carbocycles. The second-order valence-corrected chi connectivity index (χ2v) is 5.72. The van der Waals surface area contributed by atoms with Gasteiger partial charge in [0.15, 0.2) is 0 Å². The average molecular weight is 248 g/mol. The fraction of sp³-hybridized carbons (Fsp3) is 0.533. The monoisotopic (exact) mass is 248 g/mol. The van der Waals surface area contributed by atoms with Crippen molar-refractivity contribution in [1.29, 1.82) is 0 Å². The number of hydrogen-bond acceptors (Lipinski definition) is 2. The predicted octanol–water partition coefficient (Wildman–Crippen LogP) is 2.97. The van der Waals surface area contributed by atoms with Crippen LogP contribution in [0.15, 0.2) is 18.2 Å². The van der Waals surface area contributed by atoms with E-state index in [1.807, 2.05) is 6.92 Å². The number of hydrogen-bond donors (Lipinski definition) is 2. The Bertz CT molecular complexity index is 419. The average Bonchev–Trinajstić information content (AvgIpc) is 2.28. The van der Waals surface area contributed by atoms with Gasteiger partial charge in [0.2, 0.25) is 5.91 Å². The Morgan fingerprint density at radius 1 is 1.33 bits per heavy atom. The highest BCUT2D eigenvalue weighted by molar-refractivity contribution is 5.91. The van der Waals surface area contributed by atoms with Gasteiger partial charge in [-0.3, -0.25) is 4.79 Å². The number of rotatable bonds is 4. The number of benzene rings is 1. The lowest BCUT2D eigenvalue weighted by atomic mass is 9.86. The summed E-state index contributed by atoms with van der Waals surface area (Å²) in [5.74, 6) is 0.0367. The van der Waals surface area contributed by atoms with Crippen LogP contribution < -0.4 is 11.1 Å². The van der Waals surface area contributed by atoms with Crippen LogP contribution in [0.5, 0.6) is 0 Å². The molecule has 0 heterocycles. The molecule has 1 rings (SSSR count). The first-order chi connectivity index (χ1) is 8.34. The van der Waals surface area contributed by atoms with Crippen LogP contribution in [0.3, 0.4) is 0 Å². The number of amides is 1. The Morgan fingerprint density at radius 3 is 2.56 bits per heavy atom. The summed E-state index contributed by atoms with van der Waals surface area (Å²) in [7, 11) is 0. The highest BCUT2D eigenvalue weighted by Crippen LogP contribution is 2.26. The lowest BCUT2D eigenvalue weighted by molar-refractivity contribution is -0.116. The Balaban J connectivity index is 2.85. The van der Waals surface area contributed by atoms with Crippen LogP contribution >= 0.6 is 0 Å². The highest BCUT2D eigenvalue weighted by atomic mass is 16.1. The number of nitrogens with one attached hydrogen (secondary N) is 1. The lowest BCUT2D eigenvalue weighted by Gasteiger charge is -2.21. The van der Waals surface area contributed by atoms with E-state index >= 15 is 0 Å². The molecule has 1 aromatic carbocycles. The zero-order chi connectivity index (χ0) is 13.8. The number of anilines is 1. The summed E-state index contributed by atoms with van der Waals surface area (Å²) >= 11 is 0. The zero-order valence-electron chi connectivity index (χ0n) is 11.8. The summed E-state index contributed by atoms with van der Waals surface area (Å²) < 4.78 is 0. The van der Waals surface area contributed by atoms with Gasteiger partial charge in [0.25, 0.3) is 0 Å². The second kappa shape index (κ2) is 6.01. The number of carbonyl (C=O) groups is 1. The van der Waals surface area contributed by atoms with Gasteiger partial charge in [-0.05, 0) is 42.5 Å². The standard InChI is InChI=1S/C15H24N2O/c1-11-7-8-12(15(2,3)4)10-13(11)17-14(18)6-5-9-16/h7-8,10H,5-6,9,16H2,1-4H3,(H,17,18). The third-order valence-corrected chi connectivity index (χ3v) is 2.99. The van der Waals surface area contributed by atoms with Crippen molar-refractivity contribution in [2.75, 3.05) is 11.9 Å². The molecule has 3 N–H and O–H groups in total. The molecule has 0 aliphatic heterocycles. The van der Waals surface area contributed by atoms with Crippen molar-refractivity contribution in [2.45, 2.75) is 46.0 Å². The summed E-state index contributed by atoms with van der Waals surface area (Å²) in [5.41, 5.74) is 8.71. The molecule has 0 saturated heterocycles. The molecule has 0 aliphatic carbocycles. The van der Waals surface area contributed by atoms with Crippen LogP contribution in [-0.4, -0.2) is 12.5 Å². The molecule has 0 bridgehead atoms. The van der Waals surface area contributed by atoms with Gasteiger partial charge in [0, 0.05) is 12.1 Å². The van der Waals surface area contributed by atoms with Crippen molar-refractivity contribution in [2.24, 2.45) is 5.73 Å². The van der Waals surface area contributed by atoms with Gasteiger partial charge in [-0.15, -0.1) is 0 Å². The molecule has 0 unspecified atom stereocenters. The topological polar surface area (TPSA) is 55.1 Å². The van der Waals surface area contributed by atoms with Crippen molar-refractivity contribution < 1.29 is 4.79 Å². The van der Waals surface area contributed by atoms with Gasteiger partial charge in [-0.1, -0.05) is 32.9 Å². The van der Waals surface area contributed by atoms with Gasteiger partial charge in [-0.2, -0.15) is 0 Å². The minimum absolute atomic E-state index is 0.0367. The predicted molar refractivity (Wildman–Crippen MR) is 76.8 cm³/mol. The maximum Gasteiger partial charge on any atom is 0.224 e. The molecule has 100 valence electrons. The molecule has 0 aromatic heterocycles. The van der Waals surface area contributed by atoms with Crippen molar-refractivity contribution in [3.05, 3.63) is 29.3 Å². The molecule has 3 heteroatoms. The Labute approximate surface area is 110 Å². The minimum atomic E-state index is 0.0367. The van der Waals surface area contributed by atoms with Crippen molar-refractivity contribution in [3.63, 3.8) is 0 Å². The molecule has 0 radical (unpaired) electrons. The first-order valence-electron chi connectivity index (χ1n) is 6.45. The smallest absolute Gasteiger partial charge is 0.224 e. The molecule has 18 heavy (non-hydrogen) atoms. The van der Waals surface area contributed by atoms with Crippen LogP contribution in [0.25, 0.3) is 0 Å². The van der Waals surface area contributed by atoms with E-state index in [1.54, 1.807) is 0 Å². The van der Waals surface area contributed by atoms with Crippen LogP contribution in [0.2, 0.25) is 0 Å². The van der Waals surface area contributed by atoms with E-state index < -0.39 is 0 Å². The second-order valence-electron chi connectivity index (χ2n) is 5.72. The number of carbonyl (C=O) groups excluding carboxylic acids is 1. The molecule has 0 spiro atoms. The third kappa shape index (κ3) is 4.15. The van der Waals surface area contributed by atoms with Crippen LogP contribution in [0.1, 0.15) is 44.7 Å². The Hall–Kier alpha value is -1.35. The van der Waals surface area contributed by atoms with Gasteiger partial charge >= 0.3 is 0 Å². The number of aryl methyl sites for hydroxylation is 1. The van der Waals surface area contributed by atoms with Gasteiger partial charge in [0.05, 0.1) is 0 Å². The van der Waals surface area contributed by atoms with E-state index in [-0.39, 0.29) is 11.3 Å². The summed E-state index contributed by atoms with van der Waals surface area (Å²) in [6, 6.07) is 6.24. The molecular weight excluding hydrogens is 224 g/mol. The van der Waals surface area contributed by atoms with E-state index in [9.17, 15) is 4.79 Å². The van der Waals surface area contributed by atoms with Gasteiger partial charge < -0.3 is 11.1 Å².